The molecule has 0 spiro atoms. The van der Waals surface area contributed by atoms with Crippen LogP contribution >= 0.6 is 0 Å². The lowest BCUT2D eigenvalue weighted by molar-refractivity contribution is -0.139. The summed E-state index contributed by atoms with van der Waals surface area (Å²) in [7, 11) is -2.81. The van der Waals surface area contributed by atoms with Gasteiger partial charge in [-0.3, -0.25) is 0 Å². The van der Waals surface area contributed by atoms with E-state index in [9.17, 15) is 13.2 Å². The van der Waals surface area contributed by atoms with Crippen molar-refractivity contribution < 1.29 is 17.9 Å². The lowest BCUT2D eigenvalue weighted by Gasteiger charge is -2.06. The fraction of sp³-hybridized carbons (Fsp3) is 0.769. The number of carbonyl (C=O) groups is 1. The first-order valence-electron chi connectivity index (χ1n) is 6.84. The van der Waals surface area contributed by atoms with E-state index in [2.05, 4.69) is 6.92 Å². The van der Waals surface area contributed by atoms with Crippen LogP contribution in [0.3, 0.4) is 0 Å². The number of nitrogens with two attached hydrogens (primary N) is 1. The number of rotatable bonds is 10. The van der Waals surface area contributed by atoms with Crippen molar-refractivity contribution in [3.05, 3.63) is 10.6 Å². The largest absolute Gasteiger partial charge is 0.461 e. The molecule has 0 aromatic carbocycles. The minimum atomic E-state index is -2.81. The topological polar surface area (TPSA) is 86.5 Å². The van der Waals surface area contributed by atoms with Crippen LogP contribution in [-0.2, 0) is 20.2 Å². The molecule has 0 radical (unpaired) electrons. The van der Waals surface area contributed by atoms with E-state index in [0.717, 1.165) is 19.3 Å². The third kappa shape index (κ3) is 7.87. The van der Waals surface area contributed by atoms with Gasteiger partial charge in [0.1, 0.15) is 5.70 Å². The normalized spacial score (nSPS) is 12.4. The molecule has 0 aromatic heterocycles. The molecule has 0 atom stereocenters. The fourth-order valence-electron chi connectivity index (χ4n) is 1.66. The molecule has 0 heterocycles. The van der Waals surface area contributed by atoms with E-state index >= 15 is 0 Å². The third-order valence-electron chi connectivity index (χ3n) is 2.82. The van der Waals surface area contributed by atoms with Crippen LogP contribution in [0, 0.1) is 0 Å². The average molecular weight is 291 g/mol. The number of allylic oxidation sites excluding steroid dienone is 1. The maximum atomic E-state index is 11.5. The number of unbranched alkanes of at least 4 members (excludes halogenated alkanes) is 5. The summed E-state index contributed by atoms with van der Waals surface area (Å²) in [5.41, 5.74) is 5.19. The molecule has 0 aliphatic carbocycles. The van der Waals surface area contributed by atoms with Crippen molar-refractivity contribution in [2.75, 3.05) is 6.61 Å². The van der Waals surface area contributed by atoms with Crippen molar-refractivity contribution in [2.24, 2.45) is 5.73 Å². The minimum Gasteiger partial charge on any atom is -0.461 e. The highest BCUT2D eigenvalue weighted by atomic mass is 32.2. The van der Waals surface area contributed by atoms with Crippen molar-refractivity contribution in [3.8, 4) is 0 Å². The van der Waals surface area contributed by atoms with Crippen LogP contribution in [-0.4, -0.2) is 21.0 Å². The molecule has 0 unspecified atom stereocenters. The highest BCUT2D eigenvalue weighted by Gasteiger charge is 2.13. The Morgan fingerprint density at radius 3 is 2.16 bits per heavy atom. The number of ether oxygens (including phenoxy) is 1. The van der Waals surface area contributed by atoms with Crippen LogP contribution in [0.25, 0.3) is 0 Å². The van der Waals surface area contributed by atoms with Crippen molar-refractivity contribution in [2.45, 2.75) is 58.8 Å². The van der Waals surface area contributed by atoms with Gasteiger partial charge in [-0.05, 0) is 12.8 Å². The van der Waals surface area contributed by atoms with Gasteiger partial charge in [0.2, 0.25) is 0 Å². The van der Waals surface area contributed by atoms with E-state index < -0.39 is 16.7 Å². The van der Waals surface area contributed by atoms with E-state index in [1.807, 2.05) is 0 Å². The molecule has 19 heavy (non-hydrogen) atoms. The molecule has 2 N–H and O–H groups in total. The van der Waals surface area contributed by atoms with E-state index in [1.54, 1.807) is 6.92 Å². The molecule has 0 fully saturated rings. The molecule has 0 bridgehead atoms. The Hall–Kier alpha value is -1.04. The van der Waals surface area contributed by atoms with Gasteiger partial charge >= 0.3 is 5.97 Å². The van der Waals surface area contributed by atoms with Gasteiger partial charge in [0.15, 0.2) is 10.7 Å². The molecule has 6 heteroatoms. The quantitative estimate of drug-likeness (QED) is 0.278. The first kappa shape index (κ1) is 18.0. The average Bonchev–Trinajstić information content (AvgIpc) is 2.37. The Morgan fingerprint density at radius 2 is 1.63 bits per heavy atom. The van der Waals surface area contributed by atoms with Gasteiger partial charge in [-0.2, -0.15) is 0 Å². The van der Waals surface area contributed by atoms with Crippen LogP contribution < -0.4 is 5.73 Å². The number of esters is 1. The monoisotopic (exact) mass is 291 g/mol. The SMILES string of the molecule is CCCCCCCCOC(=O)C(N)=C(CC)[SH](=O)=O. The van der Waals surface area contributed by atoms with Gasteiger partial charge in [0.05, 0.1) is 11.5 Å². The lowest BCUT2D eigenvalue weighted by atomic mass is 10.1. The first-order valence-corrected chi connectivity index (χ1v) is 8.02. The van der Waals surface area contributed by atoms with Crippen molar-refractivity contribution in [3.63, 3.8) is 0 Å². The Balaban J connectivity index is 3.98. The Bertz CT molecular complexity index is 367. The zero-order valence-corrected chi connectivity index (χ0v) is 12.7. The van der Waals surface area contributed by atoms with Gasteiger partial charge in [-0.1, -0.05) is 46.0 Å². The van der Waals surface area contributed by atoms with E-state index in [-0.39, 0.29) is 23.6 Å². The van der Waals surface area contributed by atoms with Crippen molar-refractivity contribution in [1.82, 2.24) is 0 Å². The van der Waals surface area contributed by atoms with Crippen LogP contribution in [0.15, 0.2) is 10.6 Å². The zero-order chi connectivity index (χ0) is 14.7. The molecule has 5 nitrogen and oxygen atoms in total. The van der Waals surface area contributed by atoms with Gasteiger partial charge in [-0.25, -0.2) is 13.2 Å². The summed E-state index contributed by atoms with van der Waals surface area (Å²) in [6.07, 6.45) is 6.75. The van der Waals surface area contributed by atoms with Gasteiger partial charge in [-0.15, -0.1) is 0 Å². The molecule has 0 saturated carbocycles. The van der Waals surface area contributed by atoms with Gasteiger partial charge < -0.3 is 10.5 Å². The molecule has 0 amide bonds. The highest BCUT2D eigenvalue weighted by molar-refractivity contribution is 7.76. The maximum Gasteiger partial charge on any atom is 0.355 e. The van der Waals surface area contributed by atoms with E-state index in [4.69, 9.17) is 10.5 Å². The molecular formula is C13H25NO4S. The van der Waals surface area contributed by atoms with E-state index in [1.165, 1.54) is 19.3 Å². The van der Waals surface area contributed by atoms with E-state index in [0.29, 0.717) is 0 Å². The van der Waals surface area contributed by atoms with Crippen molar-refractivity contribution >= 4 is 16.7 Å². The number of hydrogen-bond acceptors (Lipinski definition) is 5. The number of hydrogen-bond donors (Lipinski definition) is 2. The molecule has 0 saturated heterocycles. The smallest absolute Gasteiger partial charge is 0.355 e. The standard InChI is InChI=1S/C13H25NO4S/c1-3-5-6-7-8-9-10-18-13(15)12(14)11(4-2)19(16)17/h19H,3-10,14H2,1-2H3. The van der Waals surface area contributed by atoms with Gasteiger partial charge in [0, 0.05) is 0 Å². The third-order valence-corrected chi connectivity index (χ3v) is 3.82. The Kier molecular flexibility index (Phi) is 10.2. The second-order valence-corrected chi connectivity index (χ2v) is 5.43. The summed E-state index contributed by atoms with van der Waals surface area (Å²) in [6, 6.07) is 0. The number of thiol groups is 1. The summed E-state index contributed by atoms with van der Waals surface area (Å²) in [4.78, 5) is 11.5. The zero-order valence-electron chi connectivity index (χ0n) is 11.8. The fourth-order valence-corrected chi connectivity index (χ4v) is 2.21. The Labute approximate surface area is 117 Å². The molecule has 0 aromatic rings. The van der Waals surface area contributed by atoms with Crippen LogP contribution in [0.1, 0.15) is 58.8 Å². The summed E-state index contributed by atoms with van der Waals surface area (Å²) in [6.45, 7) is 4.08. The van der Waals surface area contributed by atoms with Gasteiger partial charge in [0.25, 0.3) is 0 Å². The lowest BCUT2D eigenvalue weighted by Crippen LogP contribution is -2.18. The molecule has 0 rings (SSSR count). The predicted octanol–water partition coefficient (Wildman–Crippen LogP) is 2.08. The van der Waals surface area contributed by atoms with Crippen LogP contribution in [0.5, 0.6) is 0 Å². The molecule has 0 aliphatic rings. The minimum absolute atomic E-state index is 0.0528. The summed E-state index contributed by atoms with van der Waals surface area (Å²) in [5.74, 6) is -0.732. The molecular weight excluding hydrogens is 266 g/mol. The molecule has 112 valence electrons. The summed E-state index contributed by atoms with van der Waals surface area (Å²) in [5, 5.41) is 0. The second-order valence-electron chi connectivity index (χ2n) is 4.37. The second kappa shape index (κ2) is 10.8. The molecule has 0 aliphatic heterocycles. The van der Waals surface area contributed by atoms with Crippen LogP contribution in [0.2, 0.25) is 0 Å². The first-order chi connectivity index (χ1) is 9.04. The Morgan fingerprint density at radius 1 is 1.05 bits per heavy atom. The number of carbonyl (C=O) groups excluding carboxylic acids is 1. The van der Waals surface area contributed by atoms with Crippen molar-refractivity contribution in [1.29, 1.82) is 0 Å². The highest BCUT2D eigenvalue weighted by Crippen LogP contribution is 2.08. The van der Waals surface area contributed by atoms with Crippen LogP contribution in [0.4, 0.5) is 0 Å². The predicted molar refractivity (Wildman–Crippen MR) is 76.2 cm³/mol. The summed E-state index contributed by atoms with van der Waals surface area (Å²) < 4.78 is 26.6. The summed E-state index contributed by atoms with van der Waals surface area (Å²) >= 11 is 0. The maximum absolute atomic E-state index is 11.5.